The highest BCUT2D eigenvalue weighted by atomic mass is 35.5. The number of nitrogens with zero attached hydrogens (tertiary/aromatic N) is 2. The SMILES string of the molecule is Cc1cccc(-c2nnc(-c3cccc(Cl)c3F)o2)c1. The molecule has 1 aromatic heterocycles. The first-order valence-corrected chi connectivity index (χ1v) is 6.38. The van der Waals surface area contributed by atoms with Crippen molar-refractivity contribution in [1.82, 2.24) is 10.2 Å². The first-order valence-electron chi connectivity index (χ1n) is 6.00. The molecule has 1 heterocycles. The van der Waals surface area contributed by atoms with Crippen LogP contribution in [0.4, 0.5) is 4.39 Å². The zero-order valence-electron chi connectivity index (χ0n) is 10.6. The van der Waals surface area contributed by atoms with Crippen LogP contribution in [0.2, 0.25) is 5.02 Å². The molecule has 0 N–H and O–H groups in total. The summed E-state index contributed by atoms with van der Waals surface area (Å²) in [6.45, 7) is 1.97. The number of aromatic nitrogens is 2. The Balaban J connectivity index is 2.04. The van der Waals surface area contributed by atoms with Crippen molar-refractivity contribution in [3.8, 4) is 22.9 Å². The molecule has 0 atom stereocenters. The summed E-state index contributed by atoms with van der Waals surface area (Å²) in [4.78, 5) is 0. The first-order chi connectivity index (χ1) is 9.65. The molecule has 0 aliphatic rings. The summed E-state index contributed by atoms with van der Waals surface area (Å²) in [6, 6.07) is 12.3. The van der Waals surface area contributed by atoms with Gasteiger partial charge in [-0.3, -0.25) is 0 Å². The van der Waals surface area contributed by atoms with Gasteiger partial charge in [0.2, 0.25) is 5.89 Å². The van der Waals surface area contributed by atoms with E-state index in [1.54, 1.807) is 12.1 Å². The Bertz CT molecular complexity index is 770. The fourth-order valence-corrected chi connectivity index (χ4v) is 2.07. The van der Waals surface area contributed by atoms with Gasteiger partial charge in [0.25, 0.3) is 5.89 Å². The van der Waals surface area contributed by atoms with Crippen molar-refractivity contribution < 1.29 is 8.81 Å². The van der Waals surface area contributed by atoms with Gasteiger partial charge in [0, 0.05) is 5.56 Å². The van der Waals surface area contributed by atoms with Gasteiger partial charge in [-0.25, -0.2) is 4.39 Å². The number of hydrogen-bond acceptors (Lipinski definition) is 3. The van der Waals surface area contributed by atoms with E-state index in [-0.39, 0.29) is 16.5 Å². The minimum atomic E-state index is -0.561. The van der Waals surface area contributed by atoms with E-state index < -0.39 is 5.82 Å². The lowest BCUT2D eigenvalue weighted by Crippen LogP contribution is -1.85. The lowest BCUT2D eigenvalue weighted by atomic mass is 10.1. The molecule has 0 saturated carbocycles. The molecule has 0 unspecified atom stereocenters. The van der Waals surface area contributed by atoms with Crippen LogP contribution in [-0.4, -0.2) is 10.2 Å². The van der Waals surface area contributed by atoms with Gasteiger partial charge in [-0.1, -0.05) is 35.4 Å². The standard InChI is InChI=1S/C15H10ClFN2O/c1-9-4-2-5-10(8-9)14-18-19-15(20-14)11-6-3-7-12(16)13(11)17/h2-8H,1H3. The second-order valence-corrected chi connectivity index (χ2v) is 4.79. The number of aryl methyl sites for hydroxylation is 1. The highest BCUT2D eigenvalue weighted by molar-refractivity contribution is 6.31. The van der Waals surface area contributed by atoms with Crippen molar-refractivity contribution >= 4 is 11.6 Å². The molecule has 3 rings (SSSR count). The molecule has 5 heteroatoms. The predicted octanol–water partition coefficient (Wildman–Crippen LogP) is 4.50. The van der Waals surface area contributed by atoms with Crippen molar-refractivity contribution in [1.29, 1.82) is 0 Å². The maximum Gasteiger partial charge on any atom is 0.251 e. The summed E-state index contributed by atoms with van der Waals surface area (Å²) in [6.07, 6.45) is 0. The van der Waals surface area contributed by atoms with Crippen molar-refractivity contribution in [2.75, 3.05) is 0 Å². The molecule has 0 aliphatic carbocycles. The fraction of sp³-hybridized carbons (Fsp3) is 0.0667. The van der Waals surface area contributed by atoms with Gasteiger partial charge in [0.1, 0.15) is 0 Å². The van der Waals surface area contributed by atoms with Crippen LogP contribution >= 0.6 is 11.6 Å². The van der Waals surface area contributed by atoms with Crippen LogP contribution in [0.25, 0.3) is 22.9 Å². The van der Waals surface area contributed by atoms with Crippen LogP contribution in [0.3, 0.4) is 0 Å². The topological polar surface area (TPSA) is 38.9 Å². The minimum Gasteiger partial charge on any atom is -0.416 e. The van der Waals surface area contributed by atoms with Gasteiger partial charge in [0.15, 0.2) is 5.82 Å². The van der Waals surface area contributed by atoms with Gasteiger partial charge in [0.05, 0.1) is 10.6 Å². The molecule has 2 aromatic carbocycles. The quantitative estimate of drug-likeness (QED) is 0.696. The van der Waals surface area contributed by atoms with E-state index in [0.29, 0.717) is 5.89 Å². The Morgan fingerprint density at radius 3 is 2.60 bits per heavy atom. The third-order valence-electron chi connectivity index (χ3n) is 2.87. The highest BCUT2D eigenvalue weighted by Gasteiger charge is 2.15. The van der Waals surface area contributed by atoms with E-state index >= 15 is 0 Å². The molecule has 100 valence electrons. The van der Waals surface area contributed by atoms with Gasteiger partial charge < -0.3 is 4.42 Å². The van der Waals surface area contributed by atoms with E-state index in [1.807, 2.05) is 31.2 Å². The Morgan fingerprint density at radius 1 is 1.05 bits per heavy atom. The number of hydrogen-bond donors (Lipinski definition) is 0. The Hall–Kier alpha value is -2.20. The van der Waals surface area contributed by atoms with Gasteiger partial charge >= 0.3 is 0 Å². The van der Waals surface area contributed by atoms with Crippen LogP contribution < -0.4 is 0 Å². The van der Waals surface area contributed by atoms with Gasteiger partial charge in [-0.05, 0) is 31.2 Å². The minimum absolute atomic E-state index is 0.0257. The van der Waals surface area contributed by atoms with Crippen molar-refractivity contribution in [2.45, 2.75) is 6.92 Å². The fourth-order valence-electron chi connectivity index (χ4n) is 1.90. The van der Waals surface area contributed by atoms with E-state index in [0.717, 1.165) is 11.1 Å². The zero-order valence-corrected chi connectivity index (χ0v) is 11.4. The van der Waals surface area contributed by atoms with E-state index in [1.165, 1.54) is 6.07 Å². The molecule has 0 bridgehead atoms. The van der Waals surface area contributed by atoms with Crippen LogP contribution in [0, 0.1) is 12.7 Å². The molecule has 0 saturated heterocycles. The number of halogens is 2. The second kappa shape index (κ2) is 5.06. The number of rotatable bonds is 2. The van der Waals surface area contributed by atoms with E-state index in [2.05, 4.69) is 10.2 Å². The Labute approximate surface area is 120 Å². The molecule has 3 nitrogen and oxygen atoms in total. The Morgan fingerprint density at radius 2 is 1.80 bits per heavy atom. The van der Waals surface area contributed by atoms with Gasteiger partial charge in [-0.15, -0.1) is 10.2 Å². The lowest BCUT2D eigenvalue weighted by Gasteiger charge is -1.99. The van der Waals surface area contributed by atoms with Crippen molar-refractivity contribution in [3.63, 3.8) is 0 Å². The lowest BCUT2D eigenvalue weighted by molar-refractivity contribution is 0.571. The molecule has 0 aliphatic heterocycles. The van der Waals surface area contributed by atoms with E-state index in [9.17, 15) is 4.39 Å². The molecule has 0 fully saturated rings. The van der Waals surface area contributed by atoms with Crippen molar-refractivity contribution in [3.05, 3.63) is 58.9 Å². The van der Waals surface area contributed by atoms with E-state index in [4.69, 9.17) is 16.0 Å². The predicted molar refractivity (Wildman–Crippen MR) is 74.9 cm³/mol. The monoisotopic (exact) mass is 288 g/mol. The van der Waals surface area contributed by atoms with Crippen LogP contribution in [-0.2, 0) is 0 Å². The summed E-state index contributed by atoms with van der Waals surface area (Å²) in [5.41, 5.74) is 2.08. The van der Waals surface area contributed by atoms with Crippen LogP contribution in [0.15, 0.2) is 46.9 Å². The van der Waals surface area contributed by atoms with Crippen LogP contribution in [0.5, 0.6) is 0 Å². The number of benzene rings is 2. The zero-order chi connectivity index (χ0) is 14.1. The third kappa shape index (κ3) is 2.30. The molecular weight excluding hydrogens is 279 g/mol. The summed E-state index contributed by atoms with van der Waals surface area (Å²) >= 11 is 5.74. The largest absolute Gasteiger partial charge is 0.416 e. The maximum atomic E-state index is 13.9. The van der Waals surface area contributed by atoms with Crippen molar-refractivity contribution in [2.24, 2.45) is 0 Å². The summed E-state index contributed by atoms with van der Waals surface area (Å²) < 4.78 is 19.4. The normalized spacial score (nSPS) is 10.8. The van der Waals surface area contributed by atoms with Gasteiger partial charge in [-0.2, -0.15) is 0 Å². The smallest absolute Gasteiger partial charge is 0.251 e. The van der Waals surface area contributed by atoms with Crippen LogP contribution in [0.1, 0.15) is 5.56 Å². The third-order valence-corrected chi connectivity index (χ3v) is 3.16. The molecule has 20 heavy (non-hydrogen) atoms. The molecular formula is C15H10ClFN2O. The second-order valence-electron chi connectivity index (χ2n) is 4.38. The Kier molecular flexibility index (Phi) is 3.24. The average Bonchev–Trinajstić information content (AvgIpc) is 2.91. The molecule has 0 spiro atoms. The summed E-state index contributed by atoms with van der Waals surface area (Å²) in [5, 5.41) is 7.85. The summed E-state index contributed by atoms with van der Waals surface area (Å²) in [7, 11) is 0. The maximum absolute atomic E-state index is 13.9. The molecule has 0 radical (unpaired) electrons. The summed E-state index contributed by atoms with van der Waals surface area (Å²) in [5.74, 6) is -0.0989. The first kappa shape index (κ1) is 12.8. The average molecular weight is 289 g/mol. The molecule has 3 aromatic rings. The molecule has 0 amide bonds. The highest BCUT2D eigenvalue weighted by Crippen LogP contribution is 2.29.